The Labute approximate surface area is 116 Å². The van der Waals surface area contributed by atoms with Crippen molar-refractivity contribution in [2.45, 2.75) is 31.5 Å². The van der Waals surface area contributed by atoms with Gasteiger partial charge in [0, 0.05) is 19.0 Å². The molecule has 0 spiro atoms. The second kappa shape index (κ2) is 5.42. The van der Waals surface area contributed by atoms with Crippen LogP contribution >= 0.6 is 0 Å². The van der Waals surface area contributed by atoms with Crippen molar-refractivity contribution in [3.05, 3.63) is 47.8 Å². The van der Waals surface area contributed by atoms with Crippen LogP contribution in [0.5, 0.6) is 0 Å². The summed E-state index contributed by atoms with van der Waals surface area (Å²) >= 11 is 0. The van der Waals surface area contributed by atoms with E-state index in [1.807, 2.05) is 24.3 Å². The summed E-state index contributed by atoms with van der Waals surface area (Å²) in [6.07, 6.45) is 3.64. The van der Waals surface area contributed by atoms with Gasteiger partial charge in [-0.1, -0.05) is 29.5 Å². The molecule has 1 aromatic heterocycles. The van der Waals surface area contributed by atoms with Gasteiger partial charge in [0.1, 0.15) is 0 Å². The number of carbonyl (C=O) groups is 1. The largest absolute Gasteiger partial charge is 0.390 e. The number of carbonyl (C=O) groups excluding carboxylic acids is 1. The number of hydrogen-bond donors (Lipinski definition) is 2. The van der Waals surface area contributed by atoms with E-state index in [0.29, 0.717) is 19.4 Å². The second-order valence-corrected chi connectivity index (χ2v) is 4.93. The monoisotopic (exact) mass is 272 g/mol. The first-order chi connectivity index (χ1) is 9.74. The van der Waals surface area contributed by atoms with Crippen LogP contribution in [0.1, 0.15) is 23.6 Å². The van der Waals surface area contributed by atoms with E-state index in [1.165, 1.54) is 0 Å². The van der Waals surface area contributed by atoms with Crippen molar-refractivity contribution < 1.29 is 9.90 Å². The van der Waals surface area contributed by atoms with Crippen molar-refractivity contribution in [3.8, 4) is 0 Å². The number of aromatic nitrogens is 3. The van der Waals surface area contributed by atoms with Crippen LogP contribution in [0.4, 0.5) is 0 Å². The number of aliphatic hydroxyl groups excluding tert-OH is 1. The molecule has 1 aromatic carbocycles. The lowest BCUT2D eigenvalue weighted by molar-refractivity contribution is -0.122. The predicted molar refractivity (Wildman–Crippen MR) is 71.7 cm³/mol. The van der Waals surface area contributed by atoms with Gasteiger partial charge in [0.05, 0.1) is 24.9 Å². The zero-order valence-corrected chi connectivity index (χ0v) is 10.9. The molecule has 20 heavy (non-hydrogen) atoms. The number of nitrogens with zero attached hydrogens (tertiary/aromatic N) is 3. The number of nitrogens with one attached hydrogen (secondary N) is 1. The Morgan fingerprint density at radius 1 is 1.45 bits per heavy atom. The van der Waals surface area contributed by atoms with Gasteiger partial charge in [-0.3, -0.25) is 9.48 Å². The average molecular weight is 272 g/mol. The Morgan fingerprint density at radius 3 is 3.10 bits per heavy atom. The van der Waals surface area contributed by atoms with Crippen LogP contribution in [0.15, 0.2) is 36.7 Å². The Bertz CT molecular complexity index is 597. The molecule has 2 unspecified atom stereocenters. The Kier molecular flexibility index (Phi) is 3.47. The predicted octanol–water partition coefficient (Wildman–Crippen LogP) is 0.443. The molecule has 104 valence electrons. The molecular weight excluding hydrogens is 256 g/mol. The molecule has 1 aliphatic rings. The van der Waals surface area contributed by atoms with Gasteiger partial charge >= 0.3 is 0 Å². The van der Waals surface area contributed by atoms with Crippen LogP contribution in [0, 0.1) is 0 Å². The van der Waals surface area contributed by atoms with Crippen molar-refractivity contribution in [1.29, 1.82) is 0 Å². The van der Waals surface area contributed by atoms with Crippen molar-refractivity contribution in [2.24, 2.45) is 0 Å². The summed E-state index contributed by atoms with van der Waals surface area (Å²) in [6.45, 7) is 0.482. The average Bonchev–Trinajstić information content (AvgIpc) is 3.06. The maximum Gasteiger partial charge on any atom is 0.222 e. The molecule has 1 aliphatic carbocycles. The molecule has 0 aliphatic heterocycles. The van der Waals surface area contributed by atoms with Crippen LogP contribution in [0.25, 0.3) is 0 Å². The molecule has 0 radical (unpaired) electrons. The lowest BCUT2D eigenvalue weighted by atomic mass is 10.1. The molecule has 2 atom stereocenters. The van der Waals surface area contributed by atoms with E-state index in [0.717, 1.165) is 11.1 Å². The summed E-state index contributed by atoms with van der Waals surface area (Å²) in [5.74, 6) is -0.0961. The molecule has 2 aromatic rings. The van der Waals surface area contributed by atoms with Gasteiger partial charge in [-0.2, -0.15) is 0 Å². The van der Waals surface area contributed by atoms with Gasteiger partial charge in [0.15, 0.2) is 0 Å². The van der Waals surface area contributed by atoms with Crippen LogP contribution < -0.4 is 5.32 Å². The molecule has 6 nitrogen and oxygen atoms in total. The lowest BCUT2D eigenvalue weighted by Gasteiger charge is -2.17. The molecule has 0 saturated carbocycles. The van der Waals surface area contributed by atoms with Gasteiger partial charge in [-0.25, -0.2) is 0 Å². The standard InChI is InChI=1S/C14H16N4O2/c19-12-9-10-3-1-2-4-11(10)14(12)16-13(20)5-7-18-8-6-15-17-18/h1-4,6,8,12,14,19H,5,7,9H2,(H,16,20). The van der Waals surface area contributed by atoms with Crippen molar-refractivity contribution in [3.63, 3.8) is 0 Å². The Morgan fingerprint density at radius 2 is 2.30 bits per heavy atom. The van der Waals surface area contributed by atoms with Crippen LogP contribution in [-0.2, 0) is 17.8 Å². The van der Waals surface area contributed by atoms with E-state index in [1.54, 1.807) is 17.1 Å². The minimum atomic E-state index is -0.553. The SMILES string of the molecule is O=C(CCn1ccnn1)NC1c2ccccc2CC1O. The fraction of sp³-hybridized carbons (Fsp3) is 0.357. The quantitative estimate of drug-likeness (QED) is 0.846. The fourth-order valence-corrected chi connectivity index (χ4v) is 2.56. The summed E-state index contributed by atoms with van der Waals surface area (Å²) in [5.41, 5.74) is 2.11. The maximum atomic E-state index is 12.0. The molecule has 2 N–H and O–H groups in total. The summed E-state index contributed by atoms with van der Waals surface area (Å²) in [5, 5.41) is 20.5. The van der Waals surface area contributed by atoms with Crippen LogP contribution in [-0.4, -0.2) is 32.1 Å². The first kappa shape index (κ1) is 12.8. The molecule has 3 rings (SSSR count). The highest BCUT2D eigenvalue weighted by Gasteiger charge is 2.31. The van der Waals surface area contributed by atoms with E-state index in [-0.39, 0.29) is 11.9 Å². The van der Waals surface area contributed by atoms with Gasteiger partial charge in [-0.15, -0.1) is 5.10 Å². The molecule has 1 heterocycles. The highest BCUT2D eigenvalue weighted by atomic mass is 16.3. The summed E-state index contributed by atoms with van der Waals surface area (Å²) in [6, 6.07) is 7.49. The van der Waals surface area contributed by atoms with E-state index >= 15 is 0 Å². The first-order valence-corrected chi connectivity index (χ1v) is 6.63. The van der Waals surface area contributed by atoms with Gasteiger partial charge in [-0.05, 0) is 11.1 Å². The first-order valence-electron chi connectivity index (χ1n) is 6.63. The van der Waals surface area contributed by atoms with Crippen molar-refractivity contribution >= 4 is 5.91 Å². The van der Waals surface area contributed by atoms with E-state index in [9.17, 15) is 9.90 Å². The third kappa shape index (κ3) is 2.55. The molecule has 0 saturated heterocycles. The minimum Gasteiger partial charge on any atom is -0.390 e. The number of aliphatic hydroxyl groups is 1. The normalized spacial score (nSPS) is 20.6. The van der Waals surface area contributed by atoms with Crippen molar-refractivity contribution in [1.82, 2.24) is 20.3 Å². The fourth-order valence-electron chi connectivity index (χ4n) is 2.56. The highest BCUT2D eigenvalue weighted by Crippen LogP contribution is 2.31. The Hall–Kier alpha value is -2.21. The topological polar surface area (TPSA) is 80.0 Å². The van der Waals surface area contributed by atoms with Crippen LogP contribution in [0.3, 0.4) is 0 Å². The van der Waals surface area contributed by atoms with E-state index in [2.05, 4.69) is 15.6 Å². The number of rotatable bonds is 4. The molecule has 1 amide bonds. The smallest absolute Gasteiger partial charge is 0.222 e. The zero-order chi connectivity index (χ0) is 13.9. The molecular formula is C14H16N4O2. The third-order valence-electron chi connectivity index (χ3n) is 3.56. The number of hydrogen-bond acceptors (Lipinski definition) is 4. The van der Waals surface area contributed by atoms with Gasteiger partial charge in [0.2, 0.25) is 5.91 Å². The maximum absolute atomic E-state index is 12.0. The summed E-state index contributed by atoms with van der Waals surface area (Å²) in [4.78, 5) is 12.0. The lowest BCUT2D eigenvalue weighted by Crippen LogP contribution is -2.34. The number of benzene rings is 1. The van der Waals surface area contributed by atoms with E-state index in [4.69, 9.17) is 0 Å². The molecule has 0 fully saturated rings. The molecule has 6 heteroatoms. The van der Waals surface area contributed by atoms with Gasteiger partial charge < -0.3 is 10.4 Å². The number of aryl methyl sites for hydroxylation is 1. The highest BCUT2D eigenvalue weighted by molar-refractivity contribution is 5.76. The second-order valence-electron chi connectivity index (χ2n) is 4.93. The van der Waals surface area contributed by atoms with Gasteiger partial charge in [0.25, 0.3) is 0 Å². The third-order valence-corrected chi connectivity index (χ3v) is 3.56. The number of amides is 1. The van der Waals surface area contributed by atoms with Crippen LogP contribution in [0.2, 0.25) is 0 Å². The number of fused-ring (bicyclic) bond motifs is 1. The summed E-state index contributed by atoms with van der Waals surface area (Å²) < 4.78 is 1.61. The van der Waals surface area contributed by atoms with Crippen molar-refractivity contribution in [2.75, 3.05) is 0 Å². The summed E-state index contributed by atoms with van der Waals surface area (Å²) in [7, 11) is 0. The molecule has 0 bridgehead atoms. The minimum absolute atomic E-state index is 0.0961. The van der Waals surface area contributed by atoms with E-state index < -0.39 is 6.10 Å². The Balaban J connectivity index is 1.61. The zero-order valence-electron chi connectivity index (χ0n) is 10.9.